The third-order valence-corrected chi connectivity index (χ3v) is 9.83. The standard InChI is InChI=1S/C37H48N2O9/c1-11-13-27(38(41)42)19-36(9)17-15-29-25(7)31(21(3)23(5)33(29)47-36)45-35(40)46-32-22(4)24(6)34-30(26(32)8)16-18-37(10,48-34)20-28(14-12-2)39(43)44/h19-20H,11-18H2,1-10H3/b27-19+,28-20+. The first-order chi connectivity index (χ1) is 22.5. The second-order valence-electron chi connectivity index (χ2n) is 13.6. The first-order valence-corrected chi connectivity index (χ1v) is 16.7. The average Bonchev–Trinajstić information content (AvgIpc) is 3.02. The van der Waals surface area contributed by atoms with E-state index in [0.29, 0.717) is 85.5 Å². The minimum atomic E-state index is -0.870. The smallest absolute Gasteiger partial charge is 0.483 e. The molecule has 2 aromatic carbocycles. The van der Waals surface area contributed by atoms with E-state index in [-0.39, 0.29) is 21.2 Å². The van der Waals surface area contributed by atoms with Crippen molar-refractivity contribution in [2.45, 2.75) is 132 Å². The number of nitro groups is 2. The monoisotopic (exact) mass is 664 g/mol. The van der Waals surface area contributed by atoms with Crippen LogP contribution in [0.25, 0.3) is 0 Å². The predicted molar refractivity (Wildman–Crippen MR) is 183 cm³/mol. The molecule has 0 aliphatic carbocycles. The lowest BCUT2D eigenvalue weighted by Gasteiger charge is -2.36. The lowest BCUT2D eigenvalue weighted by atomic mass is 9.86. The van der Waals surface area contributed by atoms with E-state index in [4.69, 9.17) is 18.9 Å². The number of fused-ring (bicyclic) bond motifs is 2. The number of carbonyl (C=O) groups excluding carboxylic acids is 1. The van der Waals surface area contributed by atoms with Gasteiger partial charge < -0.3 is 18.9 Å². The zero-order valence-corrected chi connectivity index (χ0v) is 29.9. The second kappa shape index (κ2) is 14.0. The number of hydrogen-bond acceptors (Lipinski definition) is 9. The van der Waals surface area contributed by atoms with Crippen molar-refractivity contribution >= 4 is 6.16 Å². The molecule has 4 rings (SSSR count). The predicted octanol–water partition coefficient (Wildman–Crippen LogP) is 9.20. The second-order valence-corrected chi connectivity index (χ2v) is 13.6. The molecule has 2 atom stereocenters. The van der Waals surface area contributed by atoms with E-state index in [1.54, 1.807) is 12.2 Å². The van der Waals surface area contributed by atoms with Gasteiger partial charge in [0.1, 0.15) is 34.2 Å². The van der Waals surface area contributed by atoms with Crippen LogP contribution in [0.3, 0.4) is 0 Å². The molecule has 0 fully saturated rings. The molecule has 2 aliphatic heterocycles. The topological polar surface area (TPSA) is 140 Å². The first-order valence-electron chi connectivity index (χ1n) is 16.7. The number of rotatable bonds is 10. The quantitative estimate of drug-likeness (QED) is 0.105. The van der Waals surface area contributed by atoms with Gasteiger partial charge in [0.25, 0.3) is 0 Å². The fraction of sp³-hybridized carbons (Fsp3) is 0.541. The van der Waals surface area contributed by atoms with Crippen LogP contribution in [0.1, 0.15) is 111 Å². The fourth-order valence-corrected chi connectivity index (χ4v) is 6.85. The van der Waals surface area contributed by atoms with E-state index >= 15 is 0 Å². The van der Waals surface area contributed by atoms with Gasteiger partial charge in [0.05, 0.1) is 9.85 Å². The van der Waals surface area contributed by atoms with Gasteiger partial charge in [-0.05, 0) is 127 Å². The van der Waals surface area contributed by atoms with Gasteiger partial charge in [-0.1, -0.05) is 13.8 Å². The van der Waals surface area contributed by atoms with Gasteiger partial charge in [0, 0.05) is 36.1 Å². The molecule has 2 heterocycles. The molecule has 11 nitrogen and oxygen atoms in total. The zero-order valence-electron chi connectivity index (χ0n) is 29.9. The summed E-state index contributed by atoms with van der Waals surface area (Å²) < 4.78 is 24.7. The number of nitrogens with zero attached hydrogens (tertiary/aromatic N) is 2. The Bertz CT molecular complexity index is 1600. The normalized spacial score (nSPS) is 20.6. The number of allylic oxidation sites excluding steroid dienone is 2. The van der Waals surface area contributed by atoms with Crippen molar-refractivity contribution in [1.82, 2.24) is 0 Å². The lowest BCUT2D eigenvalue weighted by molar-refractivity contribution is -0.429. The third kappa shape index (κ3) is 7.19. The van der Waals surface area contributed by atoms with Crippen LogP contribution < -0.4 is 18.9 Å². The van der Waals surface area contributed by atoms with E-state index in [2.05, 4.69) is 0 Å². The summed E-state index contributed by atoms with van der Waals surface area (Å²) in [6, 6.07) is 0. The van der Waals surface area contributed by atoms with Crippen molar-refractivity contribution in [2.24, 2.45) is 0 Å². The van der Waals surface area contributed by atoms with Crippen molar-refractivity contribution in [1.29, 1.82) is 0 Å². The van der Waals surface area contributed by atoms with Crippen LogP contribution in [0, 0.1) is 61.8 Å². The molecule has 0 saturated carbocycles. The first kappa shape index (κ1) is 36.4. The maximum atomic E-state index is 13.4. The molecule has 48 heavy (non-hydrogen) atoms. The van der Waals surface area contributed by atoms with E-state index in [1.165, 1.54) is 0 Å². The summed E-state index contributed by atoms with van der Waals surface area (Å²) in [4.78, 5) is 36.0. The molecular weight excluding hydrogens is 616 g/mol. The van der Waals surface area contributed by atoms with Gasteiger partial charge in [0.15, 0.2) is 0 Å². The number of benzene rings is 2. The van der Waals surface area contributed by atoms with Crippen molar-refractivity contribution in [3.63, 3.8) is 0 Å². The SMILES string of the molecule is CCC/C(=C\C1(C)CCc2c(C)c(OC(=O)Oc3c(C)c(C)c4c(c3C)CCC(C)(/C=C(\CCC)[N+](=O)[O-])O4)c(C)c(C)c2O1)[N+](=O)[O-]. The maximum absolute atomic E-state index is 13.4. The van der Waals surface area contributed by atoms with Crippen LogP contribution in [0.4, 0.5) is 4.79 Å². The van der Waals surface area contributed by atoms with Crippen LogP contribution in [0.5, 0.6) is 23.0 Å². The van der Waals surface area contributed by atoms with Gasteiger partial charge >= 0.3 is 6.16 Å². The Balaban J connectivity index is 1.61. The van der Waals surface area contributed by atoms with Gasteiger partial charge in [0.2, 0.25) is 11.4 Å². The Morgan fingerprint density at radius 1 is 0.688 bits per heavy atom. The Labute approximate surface area is 282 Å². The highest BCUT2D eigenvalue weighted by Gasteiger charge is 2.37. The zero-order chi connectivity index (χ0) is 35.7. The van der Waals surface area contributed by atoms with Gasteiger partial charge in [-0.25, -0.2) is 4.79 Å². The number of carbonyl (C=O) groups is 1. The number of ether oxygens (including phenoxy) is 4. The van der Waals surface area contributed by atoms with Crippen LogP contribution >= 0.6 is 0 Å². The Kier molecular flexibility index (Phi) is 10.6. The summed E-state index contributed by atoms with van der Waals surface area (Å²) >= 11 is 0. The van der Waals surface area contributed by atoms with Crippen LogP contribution in [0.2, 0.25) is 0 Å². The summed E-state index contributed by atoms with van der Waals surface area (Å²) in [5.41, 5.74) is 4.95. The summed E-state index contributed by atoms with van der Waals surface area (Å²) in [5, 5.41) is 23.3. The van der Waals surface area contributed by atoms with Crippen molar-refractivity contribution in [2.75, 3.05) is 0 Å². The van der Waals surface area contributed by atoms with Gasteiger partial charge in [-0.15, -0.1) is 0 Å². The molecule has 2 aliphatic rings. The Hall–Kier alpha value is -4.41. The van der Waals surface area contributed by atoms with Crippen LogP contribution in [-0.2, 0) is 12.8 Å². The lowest BCUT2D eigenvalue weighted by Crippen LogP contribution is -2.36. The highest BCUT2D eigenvalue weighted by atomic mass is 16.7. The molecule has 0 saturated heterocycles. The highest BCUT2D eigenvalue weighted by Crippen LogP contribution is 2.46. The average molecular weight is 665 g/mol. The molecule has 260 valence electrons. The summed E-state index contributed by atoms with van der Waals surface area (Å²) in [6.45, 7) is 18.8. The van der Waals surface area contributed by atoms with Crippen LogP contribution in [-0.4, -0.2) is 27.2 Å². The Morgan fingerprint density at radius 3 is 1.35 bits per heavy atom. The maximum Gasteiger partial charge on any atom is 0.519 e. The van der Waals surface area contributed by atoms with Crippen molar-refractivity contribution in [3.05, 3.63) is 88.3 Å². The molecule has 11 heteroatoms. The van der Waals surface area contributed by atoms with E-state index in [1.807, 2.05) is 69.2 Å². The largest absolute Gasteiger partial charge is 0.519 e. The van der Waals surface area contributed by atoms with E-state index in [0.717, 1.165) is 33.4 Å². The molecule has 0 radical (unpaired) electrons. The molecule has 0 spiro atoms. The third-order valence-electron chi connectivity index (χ3n) is 9.83. The molecular formula is C37H48N2O9. The van der Waals surface area contributed by atoms with Crippen LogP contribution in [0.15, 0.2) is 23.5 Å². The minimum absolute atomic E-state index is 0.147. The summed E-state index contributed by atoms with van der Waals surface area (Å²) in [7, 11) is 0. The summed E-state index contributed by atoms with van der Waals surface area (Å²) in [5.74, 6) is 2.13. The minimum Gasteiger partial charge on any atom is -0.483 e. The van der Waals surface area contributed by atoms with E-state index in [9.17, 15) is 25.0 Å². The van der Waals surface area contributed by atoms with Gasteiger partial charge in [-0.2, -0.15) is 0 Å². The molecule has 0 amide bonds. The van der Waals surface area contributed by atoms with Gasteiger partial charge in [-0.3, -0.25) is 20.2 Å². The summed E-state index contributed by atoms with van der Waals surface area (Å²) in [6.07, 6.45) is 6.69. The van der Waals surface area contributed by atoms with Crippen molar-refractivity contribution < 1.29 is 33.6 Å². The highest BCUT2D eigenvalue weighted by molar-refractivity contribution is 5.73. The molecule has 2 unspecified atom stereocenters. The molecule has 0 N–H and O–H groups in total. The van der Waals surface area contributed by atoms with Crippen molar-refractivity contribution in [3.8, 4) is 23.0 Å². The molecule has 0 aromatic heterocycles. The molecule has 2 aromatic rings. The molecule has 0 bridgehead atoms. The fourth-order valence-electron chi connectivity index (χ4n) is 6.85. The number of hydrogen-bond donors (Lipinski definition) is 0. The van der Waals surface area contributed by atoms with E-state index < -0.39 is 17.4 Å². The Morgan fingerprint density at radius 2 is 1.04 bits per heavy atom.